The Morgan fingerprint density at radius 1 is 1.56 bits per heavy atom. The van der Waals surface area contributed by atoms with E-state index in [9.17, 15) is 0 Å². The summed E-state index contributed by atoms with van der Waals surface area (Å²) in [6.07, 6.45) is 1.98. The second-order valence-corrected chi connectivity index (χ2v) is 5.64. The van der Waals surface area contributed by atoms with Crippen molar-refractivity contribution in [1.82, 2.24) is 5.32 Å². The zero-order chi connectivity index (χ0) is 12.0. The molecule has 4 heteroatoms. The first-order valence-corrected chi connectivity index (χ1v) is 7.01. The van der Waals surface area contributed by atoms with Gasteiger partial charge in [0.25, 0.3) is 0 Å². The van der Waals surface area contributed by atoms with Crippen LogP contribution in [0.15, 0.2) is 11.4 Å². The van der Waals surface area contributed by atoms with E-state index >= 15 is 0 Å². The third kappa shape index (κ3) is 4.42. The van der Waals surface area contributed by atoms with Gasteiger partial charge in [-0.15, -0.1) is 11.3 Å². The quantitative estimate of drug-likeness (QED) is 0.788. The molecular weight excluding hydrogens is 242 g/mol. The van der Waals surface area contributed by atoms with Gasteiger partial charge in [0.05, 0.1) is 4.34 Å². The number of nitrogens with one attached hydrogen (secondary N) is 1. The van der Waals surface area contributed by atoms with E-state index in [0.717, 1.165) is 23.7 Å². The first-order chi connectivity index (χ1) is 7.67. The van der Waals surface area contributed by atoms with Crippen molar-refractivity contribution in [1.29, 1.82) is 0 Å². The molecule has 0 aromatic carbocycles. The maximum atomic E-state index is 8.91. The molecule has 1 rings (SSSR count). The Bertz CT molecular complexity index is 303. The molecule has 2 N–H and O–H groups in total. The van der Waals surface area contributed by atoms with Gasteiger partial charge in [0.1, 0.15) is 0 Å². The lowest BCUT2D eigenvalue weighted by Crippen LogP contribution is -2.25. The molecule has 0 spiro atoms. The van der Waals surface area contributed by atoms with Gasteiger partial charge < -0.3 is 10.4 Å². The van der Waals surface area contributed by atoms with E-state index < -0.39 is 0 Å². The first-order valence-electron chi connectivity index (χ1n) is 5.75. The molecule has 0 saturated carbocycles. The molecule has 1 aromatic heterocycles. The summed E-state index contributed by atoms with van der Waals surface area (Å²) in [5.74, 6) is 0.557. The monoisotopic (exact) mass is 261 g/mol. The van der Waals surface area contributed by atoms with Crippen molar-refractivity contribution in [3.63, 3.8) is 0 Å². The van der Waals surface area contributed by atoms with Gasteiger partial charge >= 0.3 is 0 Å². The van der Waals surface area contributed by atoms with Gasteiger partial charge in [0.2, 0.25) is 0 Å². The summed E-state index contributed by atoms with van der Waals surface area (Å²) in [4.78, 5) is 0. The van der Waals surface area contributed by atoms with Crippen molar-refractivity contribution < 1.29 is 5.11 Å². The number of hydrogen-bond donors (Lipinski definition) is 2. The van der Waals surface area contributed by atoms with Gasteiger partial charge in [0, 0.05) is 12.6 Å². The van der Waals surface area contributed by atoms with E-state index in [-0.39, 0.29) is 6.61 Å². The third-order valence-corrected chi connectivity index (χ3v) is 4.02. The number of thiophene rings is 1. The van der Waals surface area contributed by atoms with E-state index in [4.69, 9.17) is 16.7 Å². The first kappa shape index (κ1) is 14.0. The summed E-state index contributed by atoms with van der Waals surface area (Å²) >= 11 is 7.47. The van der Waals surface area contributed by atoms with Gasteiger partial charge in [-0.2, -0.15) is 0 Å². The maximum Gasteiger partial charge on any atom is 0.0931 e. The standard InChI is InChI=1S/C12H20ClNOS/c1-3-10(4-5-15)7-14-9(2)11-6-12(13)16-8-11/h6,8-10,14-15H,3-5,7H2,1-2H3. The zero-order valence-electron chi connectivity index (χ0n) is 9.87. The molecule has 2 nitrogen and oxygen atoms in total. The van der Waals surface area contributed by atoms with Crippen LogP contribution in [0.25, 0.3) is 0 Å². The molecule has 0 fully saturated rings. The summed E-state index contributed by atoms with van der Waals surface area (Å²) < 4.78 is 0.839. The largest absolute Gasteiger partial charge is 0.396 e. The van der Waals surface area contributed by atoms with Crippen molar-refractivity contribution in [2.45, 2.75) is 32.7 Å². The number of aliphatic hydroxyl groups excluding tert-OH is 1. The van der Waals surface area contributed by atoms with Crippen LogP contribution in [-0.2, 0) is 0 Å². The van der Waals surface area contributed by atoms with E-state index in [0.29, 0.717) is 12.0 Å². The highest BCUT2D eigenvalue weighted by Crippen LogP contribution is 2.24. The maximum absolute atomic E-state index is 8.91. The molecular formula is C12H20ClNOS. The second kappa shape index (κ2) is 7.28. The summed E-state index contributed by atoms with van der Waals surface area (Å²) in [7, 11) is 0. The minimum atomic E-state index is 0.277. The van der Waals surface area contributed by atoms with Crippen LogP contribution in [0.4, 0.5) is 0 Å². The van der Waals surface area contributed by atoms with Gasteiger partial charge in [0.15, 0.2) is 0 Å². The SMILES string of the molecule is CCC(CCO)CNC(C)c1csc(Cl)c1. The molecule has 0 bridgehead atoms. The van der Waals surface area contributed by atoms with Crippen molar-refractivity contribution >= 4 is 22.9 Å². The molecule has 2 unspecified atom stereocenters. The van der Waals surface area contributed by atoms with Crippen LogP contribution in [0.5, 0.6) is 0 Å². The van der Waals surface area contributed by atoms with Gasteiger partial charge in [-0.25, -0.2) is 0 Å². The predicted molar refractivity (Wildman–Crippen MR) is 71.2 cm³/mol. The van der Waals surface area contributed by atoms with Crippen molar-refractivity contribution in [3.8, 4) is 0 Å². The predicted octanol–water partition coefficient (Wildman–Crippen LogP) is 3.46. The topological polar surface area (TPSA) is 32.3 Å². The highest BCUT2D eigenvalue weighted by molar-refractivity contribution is 7.14. The molecule has 2 atom stereocenters. The Balaban J connectivity index is 2.36. The number of hydrogen-bond acceptors (Lipinski definition) is 3. The summed E-state index contributed by atoms with van der Waals surface area (Å²) in [5.41, 5.74) is 1.24. The smallest absolute Gasteiger partial charge is 0.0931 e. The molecule has 1 heterocycles. The van der Waals surface area contributed by atoms with Crippen molar-refractivity contribution in [2.75, 3.05) is 13.2 Å². The summed E-state index contributed by atoms with van der Waals surface area (Å²) in [5, 5.41) is 14.5. The fourth-order valence-electron chi connectivity index (χ4n) is 1.64. The van der Waals surface area contributed by atoms with Crippen LogP contribution < -0.4 is 5.32 Å². The van der Waals surface area contributed by atoms with E-state index in [1.165, 1.54) is 5.56 Å². The average molecular weight is 262 g/mol. The highest BCUT2D eigenvalue weighted by atomic mass is 35.5. The van der Waals surface area contributed by atoms with Crippen LogP contribution in [0.1, 0.15) is 38.3 Å². The van der Waals surface area contributed by atoms with E-state index in [2.05, 4.69) is 24.5 Å². The second-order valence-electron chi connectivity index (χ2n) is 4.10. The van der Waals surface area contributed by atoms with Crippen LogP contribution in [0, 0.1) is 5.92 Å². The Kier molecular flexibility index (Phi) is 6.36. The lowest BCUT2D eigenvalue weighted by atomic mass is 10.0. The lowest BCUT2D eigenvalue weighted by Gasteiger charge is -2.18. The van der Waals surface area contributed by atoms with Crippen molar-refractivity contribution in [3.05, 3.63) is 21.3 Å². The summed E-state index contributed by atoms with van der Waals surface area (Å²) in [6.45, 7) is 5.53. The van der Waals surface area contributed by atoms with Crippen LogP contribution >= 0.6 is 22.9 Å². The van der Waals surface area contributed by atoms with Crippen LogP contribution in [0.2, 0.25) is 4.34 Å². The molecule has 0 saturated heterocycles. The highest BCUT2D eigenvalue weighted by Gasteiger charge is 2.10. The molecule has 0 radical (unpaired) electrons. The molecule has 1 aromatic rings. The Morgan fingerprint density at radius 3 is 2.81 bits per heavy atom. The lowest BCUT2D eigenvalue weighted by molar-refractivity contribution is 0.249. The molecule has 16 heavy (non-hydrogen) atoms. The molecule has 0 aliphatic rings. The van der Waals surface area contributed by atoms with Gasteiger partial charge in [-0.1, -0.05) is 24.9 Å². The zero-order valence-corrected chi connectivity index (χ0v) is 11.4. The summed E-state index contributed by atoms with van der Waals surface area (Å²) in [6, 6.07) is 2.34. The number of halogens is 1. The fraction of sp³-hybridized carbons (Fsp3) is 0.667. The molecule has 0 amide bonds. The average Bonchev–Trinajstić information content (AvgIpc) is 2.70. The Hall–Kier alpha value is -0.0900. The third-order valence-electron chi connectivity index (χ3n) is 2.92. The minimum Gasteiger partial charge on any atom is -0.396 e. The molecule has 0 aliphatic heterocycles. The van der Waals surface area contributed by atoms with Crippen molar-refractivity contribution in [2.24, 2.45) is 5.92 Å². The minimum absolute atomic E-state index is 0.277. The number of rotatable bonds is 7. The molecule has 92 valence electrons. The number of aliphatic hydroxyl groups is 1. The molecule has 0 aliphatic carbocycles. The fourth-order valence-corrected chi connectivity index (χ4v) is 2.63. The Labute approximate surface area is 107 Å². The normalized spacial score (nSPS) is 15.0. The van der Waals surface area contributed by atoms with E-state index in [1.54, 1.807) is 11.3 Å². The van der Waals surface area contributed by atoms with Gasteiger partial charge in [-0.05, 0) is 42.8 Å². The van der Waals surface area contributed by atoms with E-state index in [1.807, 2.05) is 6.07 Å². The van der Waals surface area contributed by atoms with Gasteiger partial charge in [-0.3, -0.25) is 0 Å². The van der Waals surface area contributed by atoms with Crippen LogP contribution in [-0.4, -0.2) is 18.3 Å². The Morgan fingerprint density at radius 2 is 2.31 bits per heavy atom. The van der Waals surface area contributed by atoms with Crippen LogP contribution in [0.3, 0.4) is 0 Å².